The summed E-state index contributed by atoms with van der Waals surface area (Å²) in [5.41, 5.74) is 0. The first-order valence-corrected chi connectivity index (χ1v) is 1.41. The Kier molecular flexibility index (Phi) is 1.72. The summed E-state index contributed by atoms with van der Waals surface area (Å²) in [6.07, 6.45) is -0.248. The van der Waals surface area contributed by atoms with E-state index in [0.29, 0.717) is 0 Å². The van der Waals surface area contributed by atoms with E-state index in [1.165, 1.54) is 0 Å². The number of carbonyl (C=O) groups excluding carboxylic acids is 2. The van der Waals surface area contributed by atoms with Gasteiger partial charge in [0.05, 0.1) is 0 Å². The highest BCUT2D eigenvalue weighted by atomic mass is 16.4. The van der Waals surface area contributed by atoms with Crippen LogP contribution in [0.4, 0.5) is 0 Å². The topological polar surface area (TPSA) is 71.4 Å². The molecule has 38 valence electrons. The molecular formula is C3H2O4. The molecule has 0 aliphatic heterocycles. The summed E-state index contributed by atoms with van der Waals surface area (Å²) in [6.45, 7) is 0. The summed E-state index contributed by atoms with van der Waals surface area (Å²) in [5, 5.41) is 7.60. The van der Waals surface area contributed by atoms with Gasteiger partial charge in [-0.15, -0.1) is 0 Å². The first-order chi connectivity index (χ1) is 3.18. The van der Waals surface area contributed by atoms with Gasteiger partial charge in [-0.2, -0.15) is 0 Å². The standard InChI is InChI=1S/C3H2O4/c4-1-2(5)3(6)7/h1H,(H,6,7). The molecule has 0 aliphatic carbocycles. The van der Waals surface area contributed by atoms with Crippen molar-refractivity contribution in [2.75, 3.05) is 0 Å². The smallest absolute Gasteiger partial charge is 0.380 e. The van der Waals surface area contributed by atoms with E-state index in [1.54, 1.807) is 0 Å². The zero-order chi connectivity index (χ0) is 5.86. The predicted octanol–water partition coefficient (Wildman–Crippen LogP) is -1.16. The van der Waals surface area contributed by atoms with Gasteiger partial charge >= 0.3 is 11.8 Å². The van der Waals surface area contributed by atoms with E-state index >= 15 is 0 Å². The zero-order valence-electron chi connectivity index (χ0n) is 3.25. The molecule has 0 fully saturated rings. The number of carboxylic acids is 1. The third-order valence-corrected chi connectivity index (χ3v) is 0.318. The number of carbonyl (C=O) groups is 3. The van der Waals surface area contributed by atoms with Crippen molar-refractivity contribution in [3.8, 4) is 0 Å². The van der Waals surface area contributed by atoms with Crippen molar-refractivity contribution in [1.29, 1.82) is 0 Å². The van der Waals surface area contributed by atoms with E-state index in [4.69, 9.17) is 5.11 Å². The van der Waals surface area contributed by atoms with Crippen LogP contribution >= 0.6 is 0 Å². The average molecular weight is 102 g/mol. The number of aliphatic carboxylic acids is 1. The van der Waals surface area contributed by atoms with Crippen molar-refractivity contribution >= 4 is 18.0 Å². The van der Waals surface area contributed by atoms with Crippen molar-refractivity contribution in [3.63, 3.8) is 0 Å². The molecule has 4 nitrogen and oxygen atoms in total. The molecule has 0 aliphatic rings. The average Bonchev–Trinajstić information content (AvgIpc) is 1.65. The Hall–Kier alpha value is -1.19. The molecule has 7 heavy (non-hydrogen) atoms. The Morgan fingerprint density at radius 3 is 1.86 bits per heavy atom. The SMILES string of the molecule is O=CC(=O)C(=O)O. The van der Waals surface area contributed by atoms with E-state index in [2.05, 4.69) is 0 Å². The van der Waals surface area contributed by atoms with Crippen LogP contribution in [-0.4, -0.2) is 23.1 Å². The van der Waals surface area contributed by atoms with E-state index in [9.17, 15) is 14.4 Å². The predicted molar refractivity (Wildman–Crippen MR) is 18.7 cm³/mol. The van der Waals surface area contributed by atoms with Crippen molar-refractivity contribution in [3.05, 3.63) is 0 Å². The van der Waals surface area contributed by atoms with E-state index in [-0.39, 0.29) is 6.29 Å². The lowest BCUT2D eigenvalue weighted by molar-refractivity contribution is -0.150. The number of hydrogen-bond donors (Lipinski definition) is 1. The maximum atomic E-state index is 9.54. The summed E-state index contributed by atoms with van der Waals surface area (Å²) in [4.78, 5) is 28.1. The van der Waals surface area contributed by atoms with Gasteiger partial charge in [-0.05, 0) is 0 Å². The third-order valence-electron chi connectivity index (χ3n) is 0.318. The Labute approximate surface area is 38.7 Å². The highest BCUT2D eigenvalue weighted by molar-refractivity contribution is 6.55. The van der Waals surface area contributed by atoms with Gasteiger partial charge in [0.1, 0.15) is 0 Å². The van der Waals surface area contributed by atoms with Crippen LogP contribution in [0.1, 0.15) is 0 Å². The fraction of sp³-hybridized carbons (Fsp3) is 0. The molecule has 0 heterocycles. The van der Waals surface area contributed by atoms with Crippen LogP contribution in [0.5, 0.6) is 0 Å². The van der Waals surface area contributed by atoms with E-state index in [1.807, 2.05) is 0 Å². The number of rotatable bonds is 2. The summed E-state index contributed by atoms with van der Waals surface area (Å²) >= 11 is 0. The molecule has 0 amide bonds. The molecule has 0 unspecified atom stereocenters. The molecule has 0 radical (unpaired) electrons. The van der Waals surface area contributed by atoms with Crippen LogP contribution in [0.25, 0.3) is 0 Å². The molecule has 0 aromatic carbocycles. The van der Waals surface area contributed by atoms with Crippen LogP contribution < -0.4 is 0 Å². The monoisotopic (exact) mass is 102 g/mol. The molecule has 1 N–H and O–H groups in total. The van der Waals surface area contributed by atoms with Crippen LogP contribution in [-0.2, 0) is 14.4 Å². The van der Waals surface area contributed by atoms with Crippen LogP contribution in [0, 0.1) is 0 Å². The molecule has 0 rings (SSSR count). The molecule has 0 atom stereocenters. The second-order valence-corrected chi connectivity index (χ2v) is 0.787. The van der Waals surface area contributed by atoms with Gasteiger partial charge < -0.3 is 5.11 Å². The van der Waals surface area contributed by atoms with Crippen molar-refractivity contribution in [2.45, 2.75) is 0 Å². The summed E-state index contributed by atoms with van der Waals surface area (Å²) in [7, 11) is 0. The van der Waals surface area contributed by atoms with Crippen LogP contribution in [0.15, 0.2) is 0 Å². The van der Waals surface area contributed by atoms with Crippen molar-refractivity contribution in [2.24, 2.45) is 0 Å². The Bertz CT molecular complexity index is 114. The Morgan fingerprint density at radius 1 is 1.43 bits per heavy atom. The number of aldehydes is 1. The number of carboxylic acid groups (broad SMARTS) is 1. The number of hydrogen-bond acceptors (Lipinski definition) is 3. The van der Waals surface area contributed by atoms with Gasteiger partial charge in [0, 0.05) is 0 Å². The summed E-state index contributed by atoms with van der Waals surface area (Å²) in [5.74, 6) is -3.13. The minimum absolute atomic E-state index is 0.248. The van der Waals surface area contributed by atoms with E-state index in [0.717, 1.165) is 0 Å². The lowest BCUT2D eigenvalue weighted by atomic mass is 10.5. The number of Topliss-reactive ketones (excluding diaryl/α,β-unsaturated/α-hetero) is 1. The van der Waals surface area contributed by atoms with Crippen LogP contribution in [0.3, 0.4) is 0 Å². The third kappa shape index (κ3) is 1.64. The largest absolute Gasteiger partial charge is 0.475 e. The van der Waals surface area contributed by atoms with Gasteiger partial charge in [0.15, 0.2) is 6.29 Å². The molecule has 0 spiro atoms. The van der Waals surface area contributed by atoms with E-state index < -0.39 is 11.8 Å². The van der Waals surface area contributed by atoms with Gasteiger partial charge in [0.25, 0.3) is 0 Å². The molecule has 0 aromatic rings. The maximum absolute atomic E-state index is 9.54. The Morgan fingerprint density at radius 2 is 1.86 bits per heavy atom. The molecule has 0 aromatic heterocycles. The second-order valence-electron chi connectivity index (χ2n) is 0.787. The van der Waals surface area contributed by atoms with Crippen molar-refractivity contribution < 1.29 is 19.5 Å². The van der Waals surface area contributed by atoms with Crippen LogP contribution in [0.2, 0.25) is 0 Å². The van der Waals surface area contributed by atoms with Gasteiger partial charge in [-0.3, -0.25) is 9.59 Å². The highest BCUT2D eigenvalue weighted by Crippen LogP contribution is 1.59. The lowest BCUT2D eigenvalue weighted by Gasteiger charge is -1.72. The fourth-order valence-electron chi connectivity index (χ4n) is 0.0504. The highest BCUT2D eigenvalue weighted by Gasteiger charge is 2.06. The molecule has 0 saturated carbocycles. The second kappa shape index (κ2) is 2.07. The fourth-order valence-corrected chi connectivity index (χ4v) is 0.0504. The molecule has 4 heteroatoms. The quantitative estimate of drug-likeness (QED) is 0.271. The molecule has 0 saturated heterocycles. The molecule has 0 bridgehead atoms. The summed E-state index contributed by atoms with van der Waals surface area (Å²) < 4.78 is 0. The maximum Gasteiger partial charge on any atom is 0.380 e. The minimum Gasteiger partial charge on any atom is -0.475 e. The van der Waals surface area contributed by atoms with Gasteiger partial charge in [-0.1, -0.05) is 0 Å². The van der Waals surface area contributed by atoms with Crippen molar-refractivity contribution in [1.82, 2.24) is 0 Å². The first kappa shape index (κ1) is 5.81. The van der Waals surface area contributed by atoms with Gasteiger partial charge in [-0.25, -0.2) is 4.79 Å². The van der Waals surface area contributed by atoms with Gasteiger partial charge in [0.2, 0.25) is 0 Å². The first-order valence-electron chi connectivity index (χ1n) is 1.41. The normalized spacial score (nSPS) is 7.43. The minimum atomic E-state index is -1.71. The lowest BCUT2D eigenvalue weighted by Crippen LogP contribution is -2.12. The summed E-state index contributed by atoms with van der Waals surface area (Å²) in [6, 6.07) is 0. The molecular weight excluding hydrogens is 100 g/mol. The Balaban J connectivity index is 3.81. The zero-order valence-corrected chi connectivity index (χ0v) is 3.25. The number of ketones is 1.